The predicted octanol–water partition coefficient (Wildman–Crippen LogP) is 1.09. The van der Waals surface area contributed by atoms with E-state index in [4.69, 9.17) is 10.00 Å². The van der Waals surface area contributed by atoms with Gasteiger partial charge in [-0.15, -0.1) is 0 Å². The molecule has 1 unspecified atom stereocenters. The SMILES string of the molecule is CC(C)(C)OC(=O)N1CC(=O)CC1C#N. The first-order valence-corrected chi connectivity index (χ1v) is 4.74. The second kappa shape index (κ2) is 3.89. The molecule has 1 aliphatic rings. The standard InChI is InChI=1S/C10H14N2O3/c1-10(2,3)15-9(14)12-6-8(13)4-7(12)5-11/h7H,4,6H2,1-3H3. The number of ether oxygens (including phenoxy) is 1. The number of likely N-dealkylation sites (tertiary alicyclic amines) is 1. The molecule has 5 heteroatoms. The van der Waals surface area contributed by atoms with Gasteiger partial charge in [0.15, 0.2) is 5.78 Å². The van der Waals surface area contributed by atoms with Gasteiger partial charge in [-0.05, 0) is 20.8 Å². The first kappa shape index (κ1) is 11.5. The minimum atomic E-state index is -0.674. The summed E-state index contributed by atoms with van der Waals surface area (Å²) in [6, 6.07) is 1.24. The van der Waals surface area contributed by atoms with Gasteiger partial charge >= 0.3 is 6.09 Å². The highest BCUT2D eigenvalue weighted by Crippen LogP contribution is 2.18. The van der Waals surface area contributed by atoms with Crippen molar-refractivity contribution in [3.63, 3.8) is 0 Å². The number of amides is 1. The highest BCUT2D eigenvalue weighted by atomic mass is 16.6. The summed E-state index contributed by atoms with van der Waals surface area (Å²) >= 11 is 0. The third kappa shape index (κ3) is 2.94. The number of nitriles is 1. The van der Waals surface area contributed by atoms with Crippen molar-refractivity contribution in [3.8, 4) is 6.07 Å². The van der Waals surface area contributed by atoms with E-state index in [0.29, 0.717) is 0 Å². The first-order valence-electron chi connectivity index (χ1n) is 4.74. The fourth-order valence-corrected chi connectivity index (χ4v) is 1.32. The number of rotatable bonds is 0. The Morgan fingerprint density at radius 1 is 1.60 bits per heavy atom. The summed E-state index contributed by atoms with van der Waals surface area (Å²) in [5, 5.41) is 8.75. The molecule has 0 radical (unpaired) electrons. The molecule has 1 saturated heterocycles. The lowest BCUT2D eigenvalue weighted by Gasteiger charge is -2.25. The molecule has 0 aromatic heterocycles. The number of carbonyl (C=O) groups is 2. The van der Waals surface area contributed by atoms with Gasteiger partial charge in [0, 0.05) is 6.42 Å². The van der Waals surface area contributed by atoms with Crippen molar-refractivity contribution >= 4 is 11.9 Å². The maximum atomic E-state index is 11.6. The van der Waals surface area contributed by atoms with Crippen molar-refractivity contribution in [2.75, 3.05) is 6.54 Å². The van der Waals surface area contributed by atoms with Crippen molar-refractivity contribution in [1.82, 2.24) is 4.90 Å². The first-order chi connectivity index (χ1) is 6.83. The minimum Gasteiger partial charge on any atom is -0.444 e. The monoisotopic (exact) mass is 210 g/mol. The van der Waals surface area contributed by atoms with Gasteiger partial charge in [-0.25, -0.2) is 4.79 Å². The Labute approximate surface area is 88.6 Å². The number of nitrogens with zero attached hydrogens (tertiary/aromatic N) is 2. The Kier molecular flexibility index (Phi) is 2.98. The maximum Gasteiger partial charge on any atom is 0.411 e. The highest BCUT2D eigenvalue weighted by Gasteiger charge is 2.36. The van der Waals surface area contributed by atoms with Crippen LogP contribution in [-0.4, -0.2) is 35.0 Å². The number of Topliss-reactive ketones (excluding diaryl/α,β-unsaturated/α-hetero) is 1. The summed E-state index contributed by atoms with van der Waals surface area (Å²) in [6.07, 6.45) is -0.490. The molecule has 1 amide bonds. The van der Waals surface area contributed by atoms with E-state index in [1.54, 1.807) is 20.8 Å². The van der Waals surface area contributed by atoms with Gasteiger partial charge in [-0.2, -0.15) is 5.26 Å². The van der Waals surface area contributed by atoms with E-state index >= 15 is 0 Å². The van der Waals surface area contributed by atoms with Crippen LogP contribution in [0.5, 0.6) is 0 Å². The van der Waals surface area contributed by atoms with Crippen molar-refractivity contribution in [3.05, 3.63) is 0 Å². The minimum absolute atomic E-state index is 0.0207. The second-order valence-corrected chi connectivity index (χ2v) is 4.50. The third-order valence-electron chi connectivity index (χ3n) is 1.92. The van der Waals surface area contributed by atoms with Gasteiger partial charge < -0.3 is 4.74 Å². The van der Waals surface area contributed by atoms with Crippen molar-refractivity contribution in [1.29, 1.82) is 5.26 Å². The van der Waals surface area contributed by atoms with Crippen LogP contribution in [0.1, 0.15) is 27.2 Å². The second-order valence-electron chi connectivity index (χ2n) is 4.50. The molecule has 0 aromatic carbocycles. The van der Waals surface area contributed by atoms with E-state index in [1.807, 2.05) is 6.07 Å². The van der Waals surface area contributed by atoms with Crippen molar-refractivity contribution in [2.24, 2.45) is 0 Å². The predicted molar refractivity (Wildman–Crippen MR) is 52.0 cm³/mol. The van der Waals surface area contributed by atoms with Gasteiger partial charge in [0.1, 0.15) is 11.6 Å². The lowest BCUT2D eigenvalue weighted by molar-refractivity contribution is -0.117. The summed E-state index contributed by atoms with van der Waals surface area (Å²) in [5.41, 5.74) is -0.608. The molecule has 0 spiro atoms. The maximum absolute atomic E-state index is 11.6. The Morgan fingerprint density at radius 3 is 2.67 bits per heavy atom. The normalized spacial score (nSPS) is 21.3. The number of carbonyl (C=O) groups excluding carboxylic acids is 2. The van der Waals surface area contributed by atoms with Crippen LogP contribution in [0.3, 0.4) is 0 Å². The van der Waals surface area contributed by atoms with Gasteiger partial charge in [0.05, 0.1) is 12.6 Å². The fourth-order valence-electron chi connectivity index (χ4n) is 1.32. The summed E-state index contributed by atoms with van der Waals surface area (Å²) in [7, 11) is 0. The lowest BCUT2D eigenvalue weighted by Crippen LogP contribution is -2.39. The van der Waals surface area contributed by atoms with Crippen LogP contribution in [0.2, 0.25) is 0 Å². The molecular weight excluding hydrogens is 196 g/mol. The van der Waals surface area contributed by atoms with Gasteiger partial charge in [0.25, 0.3) is 0 Å². The third-order valence-corrected chi connectivity index (χ3v) is 1.92. The lowest BCUT2D eigenvalue weighted by atomic mass is 10.2. The van der Waals surface area contributed by atoms with Crippen LogP contribution in [-0.2, 0) is 9.53 Å². The quantitative estimate of drug-likeness (QED) is 0.600. The molecule has 15 heavy (non-hydrogen) atoms. The Bertz CT molecular complexity index is 325. The van der Waals surface area contributed by atoms with Crippen LogP contribution in [0.4, 0.5) is 4.79 Å². The molecule has 82 valence electrons. The Hall–Kier alpha value is -1.57. The van der Waals surface area contributed by atoms with Gasteiger partial charge in [0.2, 0.25) is 0 Å². The smallest absolute Gasteiger partial charge is 0.411 e. The van der Waals surface area contributed by atoms with E-state index < -0.39 is 17.7 Å². The van der Waals surface area contributed by atoms with Crippen LogP contribution in [0, 0.1) is 11.3 Å². The zero-order chi connectivity index (χ0) is 11.6. The molecule has 1 heterocycles. The van der Waals surface area contributed by atoms with Crippen molar-refractivity contribution < 1.29 is 14.3 Å². The van der Waals surface area contributed by atoms with E-state index in [-0.39, 0.29) is 18.7 Å². The molecule has 0 N–H and O–H groups in total. The van der Waals surface area contributed by atoms with E-state index in [9.17, 15) is 9.59 Å². The topological polar surface area (TPSA) is 70.4 Å². The summed E-state index contributed by atoms with van der Waals surface area (Å²) < 4.78 is 5.09. The number of hydrogen-bond acceptors (Lipinski definition) is 4. The molecule has 0 aliphatic carbocycles. The molecule has 1 rings (SSSR count). The molecular formula is C10H14N2O3. The summed E-state index contributed by atoms with van der Waals surface area (Å²) in [5.74, 6) is -0.104. The van der Waals surface area contributed by atoms with E-state index in [0.717, 1.165) is 0 Å². The van der Waals surface area contributed by atoms with E-state index in [1.165, 1.54) is 4.90 Å². The average molecular weight is 210 g/mol. The molecule has 0 aromatic rings. The molecule has 0 bridgehead atoms. The Morgan fingerprint density at radius 2 is 2.20 bits per heavy atom. The highest BCUT2D eigenvalue weighted by molar-refractivity contribution is 5.88. The zero-order valence-corrected chi connectivity index (χ0v) is 9.11. The van der Waals surface area contributed by atoms with Crippen LogP contribution in [0.25, 0.3) is 0 Å². The molecule has 0 saturated carbocycles. The summed E-state index contributed by atoms with van der Waals surface area (Å²) in [6.45, 7) is 5.20. The van der Waals surface area contributed by atoms with Crippen LogP contribution >= 0.6 is 0 Å². The van der Waals surface area contributed by atoms with E-state index in [2.05, 4.69) is 0 Å². The Balaban J connectivity index is 2.68. The van der Waals surface area contributed by atoms with Crippen LogP contribution in [0.15, 0.2) is 0 Å². The molecule has 5 nitrogen and oxygen atoms in total. The van der Waals surface area contributed by atoms with Crippen molar-refractivity contribution in [2.45, 2.75) is 38.8 Å². The molecule has 1 fully saturated rings. The van der Waals surface area contributed by atoms with Crippen LogP contribution < -0.4 is 0 Å². The number of ketones is 1. The number of hydrogen-bond donors (Lipinski definition) is 0. The zero-order valence-electron chi connectivity index (χ0n) is 9.11. The average Bonchev–Trinajstić information content (AvgIpc) is 2.43. The molecule has 1 atom stereocenters. The van der Waals surface area contributed by atoms with Gasteiger partial charge in [-0.3, -0.25) is 9.69 Å². The largest absolute Gasteiger partial charge is 0.444 e. The fraction of sp³-hybridized carbons (Fsp3) is 0.700. The summed E-state index contributed by atoms with van der Waals surface area (Å²) in [4.78, 5) is 23.8. The molecule has 1 aliphatic heterocycles. The van der Waals surface area contributed by atoms with Gasteiger partial charge in [-0.1, -0.05) is 0 Å².